The van der Waals surface area contributed by atoms with E-state index >= 15 is 0 Å². The zero-order chi connectivity index (χ0) is 14.4. The minimum atomic E-state index is -0.278. The minimum Gasteiger partial charge on any atom is -0.408 e. The van der Waals surface area contributed by atoms with E-state index in [1.54, 1.807) is 4.57 Å². The van der Waals surface area contributed by atoms with Crippen LogP contribution in [0.25, 0.3) is 11.1 Å². The lowest BCUT2D eigenvalue weighted by Gasteiger charge is -2.33. The van der Waals surface area contributed by atoms with Crippen LogP contribution in [0.3, 0.4) is 0 Å². The lowest BCUT2D eigenvalue weighted by Crippen LogP contribution is -2.36. The smallest absolute Gasteiger partial charge is 0.408 e. The third-order valence-electron chi connectivity index (χ3n) is 4.30. The van der Waals surface area contributed by atoms with Crippen LogP contribution in [0.5, 0.6) is 0 Å². The van der Waals surface area contributed by atoms with Crippen LogP contribution in [0.15, 0.2) is 44.9 Å². The van der Waals surface area contributed by atoms with Crippen LogP contribution in [0.2, 0.25) is 0 Å². The highest BCUT2D eigenvalue weighted by atomic mass is 32.1. The highest BCUT2D eigenvalue weighted by Crippen LogP contribution is 2.33. The van der Waals surface area contributed by atoms with Crippen molar-refractivity contribution in [2.75, 3.05) is 6.54 Å². The lowest BCUT2D eigenvalue weighted by atomic mass is 10.0. The van der Waals surface area contributed by atoms with Crippen LogP contribution in [0.1, 0.15) is 23.4 Å². The number of nitrogens with zero attached hydrogens (tertiary/aromatic N) is 2. The summed E-state index contributed by atoms with van der Waals surface area (Å²) < 4.78 is 7.04. The van der Waals surface area contributed by atoms with Crippen LogP contribution in [-0.2, 0) is 13.1 Å². The second kappa shape index (κ2) is 4.86. The standard InChI is InChI=1S/C16H16N2O2S/c1-11-12-7-9-21-15(12)6-8-17(11)10-18-13-4-2-3-5-14(13)20-16(18)19/h2-5,7,9,11H,6,8,10H2,1H3/t11-/m1/s1. The highest BCUT2D eigenvalue weighted by molar-refractivity contribution is 7.10. The number of rotatable bonds is 2. The maximum atomic E-state index is 12.1. The predicted octanol–water partition coefficient (Wildman–Crippen LogP) is 3.23. The van der Waals surface area contributed by atoms with Gasteiger partial charge in [-0.05, 0) is 42.5 Å². The van der Waals surface area contributed by atoms with Crippen molar-refractivity contribution in [2.24, 2.45) is 0 Å². The zero-order valence-corrected chi connectivity index (χ0v) is 12.6. The van der Waals surface area contributed by atoms with Gasteiger partial charge >= 0.3 is 5.76 Å². The van der Waals surface area contributed by atoms with Crippen molar-refractivity contribution < 1.29 is 4.42 Å². The minimum absolute atomic E-state index is 0.278. The molecule has 0 radical (unpaired) electrons. The van der Waals surface area contributed by atoms with Gasteiger partial charge in [-0.15, -0.1) is 11.3 Å². The summed E-state index contributed by atoms with van der Waals surface area (Å²) in [5.74, 6) is -0.278. The molecule has 21 heavy (non-hydrogen) atoms. The molecule has 2 aromatic heterocycles. The van der Waals surface area contributed by atoms with Crippen molar-refractivity contribution in [1.29, 1.82) is 0 Å². The molecule has 1 aliphatic rings. The third kappa shape index (κ3) is 2.04. The van der Waals surface area contributed by atoms with Crippen molar-refractivity contribution in [2.45, 2.75) is 26.1 Å². The van der Waals surface area contributed by atoms with E-state index in [-0.39, 0.29) is 5.76 Å². The molecule has 3 heterocycles. The van der Waals surface area contributed by atoms with Gasteiger partial charge in [-0.2, -0.15) is 0 Å². The quantitative estimate of drug-likeness (QED) is 0.729. The highest BCUT2D eigenvalue weighted by Gasteiger charge is 2.25. The average molecular weight is 300 g/mol. The molecule has 1 aliphatic heterocycles. The number of thiophene rings is 1. The zero-order valence-electron chi connectivity index (χ0n) is 11.8. The van der Waals surface area contributed by atoms with Gasteiger partial charge in [0.1, 0.15) is 0 Å². The number of hydrogen-bond acceptors (Lipinski definition) is 4. The Balaban J connectivity index is 1.70. The molecule has 0 N–H and O–H groups in total. The van der Waals surface area contributed by atoms with Gasteiger partial charge in [0, 0.05) is 17.5 Å². The molecule has 5 heteroatoms. The molecule has 1 atom stereocenters. The Morgan fingerprint density at radius 2 is 2.19 bits per heavy atom. The number of fused-ring (bicyclic) bond motifs is 2. The lowest BCUT2D eigenvalue weighted by molar-refractivity contribution is 0.151. The molecule has 108 valence electrons. The van der Waals surface area contributed by atoms with Gasteiger partial charge < -0.3 is 4.42 Å². The molecule has 3 aromatic rings. The number of benzene rings is 1. The number of oxazole rings is 1. The van der Waals surface area contributed by atoms with E-state index in [1.807, 2.05) is 35.6 Å². The van der Waals surface area contributed by atoms with Crippen molar-refractivity contribution >= 4 is 22.4 Å². The Morgan fingerprint density at radius 1 is 1.33 bits per heavy atom. The summed E-state index contributed by atoms with van der Waals surface area (Å²) in [5, 5.41) is 2.16. The molecule has 4 nitrogen and oxygen atoms in total. The van der Waals surface area contributed by atoms with E-state index in [0.717, 1.165) is 18.5 Å². The van der Waals surface area contributed by atoms with Crippen LogP contribution < -0.4 is 5.76 Å². The molecule has 0 saturated heterocycles. The van der Waals surface area contributed by atoms with Crippen LogP contribution in [-0.4, -0.2) is 16.0 Å². The summed E-state index contributed by atoms with van der Waals surface area (Å²) in [7, 11) is 0. The maximum Gasteiger partial charge on any atom is 0.421 e. The van der Waals surface area contributed by atoms with Gasteiger partial charge in [0.2, 0.25) is 0 Å². The molecule has 1 aromatic carbocycles. The summed E-state index contributed by atoms with van der Waals surface area (Å²) in [4.78, 5) is 15.9. The van der Waals surface area contributed by atoms with E-state index in [0.29, 0.717) is 18.3 Å². The van der Waals surface area contributed by atoms with Crippen LogP contribution in [0, 0.1) is 0 Å². The molecule has 0 unspecified atom stereocenters. The second-order valence-corrected chi connectivity index (χ2v) is 6.44. The van der Waals surface area contributed by atoms with Crippen molar-refractivity contribution in [3.05, 3.63) is 56.7 Å². The summed E-state index contributed by atoms with van der Waals surface area (Å²) in [6.45, 7) is 3.75. The van der Waals surface area contributed by atoms with E-state index in [9.17, 15) is 4.79 Å². The summed E-state index contributed by atoms with van der Waals surface area (Å²) in [6, 6.07) is 10.1. The Labute approximate surface area is 126 Å². The first-order chi connectivity index (χ1) is 10.2. The van der Waals surface area contributed by atoms with E-state index in [4.69, 9.17) is 4.42 Å². The van der Waals surface area contributed by atoms with Gasteiger partial charge in [-0.25, -0.2) is 4.79 Å². The number of para-hydroxylation sites is 2. The first-order valence-corrected chi connectivity index (χ1v) is 8.00. The summed E-state index contributed by atoms with van der Waals surface area (Å²) >= 11 is 1.83. The molecular weight excluding hydrogens is 284 g/mol. The number of aromatic nitrogens is 1. The molecule has 0 saturated carbocycles. The monoisotopic (exact) mass is 300 g/mol. The first kappa shape index (κ1) is 12.9. The first-order valence-electron chi connectivity index (χ1n) is 7.13. The molecule has 0 aliphatic carbocycles. The van der Waals surface area contributed by atoms with E-state index in [2.05, 4.69) is 23.3 Å². The summed E-state index contributed by atoms with van der Waals surface area (Å²) in [5.41, 5.74) is 2.92. The Morgan fingerprint density at radius 3 is 3.10 bits per heavy atom. The topological polar surface area (TPSA) is 38.4 Å². The van der Waals surface area contributed by atoms with Gasteiger partial charge in [0.15, 0.2) is 5.58 Å². The van der Waals surface area contributed by atoms with E-state index < -0.39 is 0 Å². The van der Waals surface area contributed by atoms with Crippen molar-refractivity contribution in [3.8, 4) is 0 Å². The number of hydrogen-bond donors (Lipinski definition) is 0. The predicted molar refractivity (Wildman–Crippen MR) is 83.6 cm³/mol. The van der Waals surface area contributed by atoms with Gasteiger partial charge in [0.05, 0.1) is 12.2 Å². The van der Waals surface area contributed by atoms with Gasteiger partial charge in [-0.1, -0.05) is 12.1 Å². The third-order valence-corrected chi connectivity index (χ3v) is 5.30. The molecular formula is C16H16N2O2S. The van der Waals surface area contributed by atoms with Crippen molar-refractivity contribution in [3.63, 3.8) is 0 Å². The average Bonchev–Trinajstić information content (AvgIpc) is 3.07. The van der Waals surface area contributed by atoms with Crippen LogP contribution >= 0.6 is 11.3 Å². The van der Waals surface area contributed by atoms with Crippen molar-refractivity contribution in [1.82, 2.24) is 9.47 Å². The van der Waals surface area contributed by atoms with Gasteiger partial charge in [0.25, 0.3) is 0 Å². The second-order valence-electron chi connectivity index (χ2n) is 5.44. The van der Waals surface area contributed by atoms with Crippen LogP contribution in [0.4, 0.5) is 0 Å². The fraction of sp³-hybridized carbons (Fsp3) is 0.312. The Hall–Kier alpha value is -1.85. The molecule has 0 spiro atoms. The maximum absolute atomic E-state index is 12.1. The molecule has 0 fully saturated rings. The molecule has 0 amide bonds. The largest absolute Gasteiger partial charge is 0.421 e. The normalized spacial score (nSPS) is 19.0. The van der Waals surface area contributed by atoms with E-state index in [1.165, 1.54) is 10.4 Å². The Bertz CT molecular complexity index is 845. The van der Waals surface area contributed by atoms with Gasteiger partial charge in [-0.3, -0.25) is 9.47 Å². The SMILES string of the molecule is C[C@@H]1c2ccsc2CCN1Cn1c(=O)oc2ccccc21. The fourth-order valence-corrected chi connectivity index (χ4v) is 4.05. The summed E-state index contributed by atoms with van der Waals surface area (Å²) in [6.07, 6.45) is 1.06. The Kier molecular flexibility index (Phi) is 2.97. The molecule has 4 rings (SSSR count). The fourth-order valence-electron chi connectivity index (χ4n) is 3.08. The molecule has 0 bridgehead atoms.